The van der Waals surface area contributed by atoms with Crippen molar-refractivity contribution in [3.05, 3.63) is 54.1 Å². The van der Waals surface area contributed by atoms with Gasteiger partial charge in [0.25, 0.3) is 0 Å². The van der Waals surface area contributed by atoms with Gasteiger partial charge >= 0.3 is 0 Å². The first-order valence-corrected chi connectivity index (χ1v) is 10.6. The van der Waals surface area contributed by atoms with Crippen LogP contribution in [0.15, 0.2) is 53.4 Å². The van der Waals surface area contributed by atoms with Gasteiger partial charge in [0, 0.05) is 5.69 Å². The van der Waals surface area contributed by atoms with Crippen LogP contribution in [0.4, 0.5) is 5.69 Å². The number of hydrogen-bond acceptors (Lipinski definition) is 5. The molecule has 9 heteroatoms. The zero-order valence-electron chi connectivity index (χ0n) is 16.6. The van der Waals surface area contributed by atoms with Gasteiger partial charge in [-0.05, 0) is 49.2 Å². The van der Waals surface area contributed by atoms with Crippen LogP contribution in [0.25, 0.3) is 0 Å². The summed E-state index contributed by atoms with van der Waals surface area (Å²) in [7, 11) is -2.42. The topological polar surface area (TPSA) is 114 Å². The first kappa shape index (κ1) is 22.4. The Morgan fingerprint density at radius 1 is 1.07 bits per heavy atom. The minimum absolute atomic E-state index is 0.00636. The van der Waals surface area contributed by atoms with Crippen molar-refractivity contribution < 1.29 is 22.7 Å². The Labute approximate surface area is 170 Å². The molecule has 3 N–H and O–H groups in total. The lowest BCUT2D eigenvalue weighted by Gasteiger charge is -2.15. The van der Waals surface area contributed by atoms with Gasteiger partial charge in [0.05, 0.1) is 24.6 Å². The molecule has 2 rings (SSSR count). The molecule has 0 spiro atoms. The van der Waals surface area contributed by atoms with E-state index in [1.807, 2.05) is 25.1 Å². The van der Waals surface area contributed by atoms with E-state index < -0.39 is 27.9 Å². The molecule has 0 aliphatic heterocycles. The van der Waals surface area contributed by atoms with Gasteiger partial charge in [-0.3, -0.25) is 9.59 Å². The number of amides is 2. The summed E-state index contributed by atoms with van der Waals surface area (Å²) in [4.78, 5) is 24.3. The van der Waals surface area contributed by atoms with Gasteiger partial charge in [0.2, 0.25) is 21.8 Å². The standard InChI is InChI=1S/C20H25N3O5S/c1-4-15-7-5-6-8-18(15)22-19(24)13-21-20(25)14(2)23-29(26,27)17-11-9-16(28-3)10-12-17/h5-12,14,23H,4,13H2,1-3H3,(H,21,25)(H,22,24)/t14-/m0/s1. The minimum Gasteiger partial charge on any atom is -0.497 e. The van der Waals surface area contributed by atoms with Crippen molar-refractivity contribution in [2.75, 3.05) is 19.0 Å². The highest BCUT2D eigenvalue weighted by Gasteiger charge is 2.22. The maximum Gasteiger partial charge on any atom is 0.243 e. The van der Waals surface area contributed by atoms with E-state index in [9.17, 15) is 18.0 Å². The molecule has 0 aliphatic rings. The molecule has 8 nitrogen and oxygen atoms in total. The van der Waals surface area contributed by atoms with Crippen LogP contribution in [0.2, 0.25) is 0 Å². The molecule has 2 aromatic rings. The van der Waals surface area contributed by atoms with Crippen molar-refractivity contribution >= 4 is 27.5 Å². The third-order valence-electron chi connectivity index (χ3n) is 4.19. The fourth-order valence-corrected chi connectivity index (χ4v) is 3.78. The molecule has 0 fully saturated rings. The Balaban J connectivity index is 1.90. The Kier molecular flexibility index (Phi) is 7.74. The number of anilines is 1. The second-order valence-corrected chi connectivity index (χ2v) is 8.01. The SMILES string of the molecule is CCc1ccccc1NC(=O)CNC(=O)[C@H](C)NS(=O)(=O)c1ccc(OC)cc1. The van der Waals surface area contributed by atoms with Crippen LogP contribution in [0.5, 0.6) is 5.75 Å². The predicted octanol–water partition coefficient (Wildman–Crippen LogP) is 1.68. The van der Waals surface area contributed by atoms with Gasteiger partial charge < -0.3 is 15.4 Å². The van der Waals surface area contributed by atoms with E-state index in [0.29, 0.717) is 11.4 Å². The first-order chi connectivity index (χ1) is 13.8. The normalized spacial score (nSPS) is 12.1. The number of aryl methyl sites for hydroxylation is 1. The summed E-state index contributed by atoms with van der Waals surface area (Å²) < 4.78 is 32.1. The third-order valence-corrected chi connectivity index (χ3v) is 5.75. The van der Waals surface area contributed by atoms with Gasteiger partial charge in [-0.15, -0.1) is 0 Å². The predicted molar refractivity (Wildman–Crippen MR) is 110 cm³/mol. The van der Waals surface area contributed by atoms with Crippen molar-refractivity contribution in [3.63, 3.8) is 0 Å². The molecule has 0 heterocycles. The number of carbonyl (C=O) groups is 2. The Morgan fingerprint density at radius 2 is 1.72 bits per heavy atom. The number of nitrogens with one attached hydrogen (secondary N) is 3. The largest absolute Gasteiger partial charge is 0.497 e. The number of hydrogen-bond donors (Lipinski definition) is 3. The summed E-state index contributed by atoms with van der Waals surface area (Å²) in [5, 5.41) is 5.17. The molecule has 0 saturated heterocycles. The maximum atomic E-state index is 12.4. The van der Waals surface area contributed by atoms with Crippen LogP contribution >= 0.6 is 0 Å². The quantitative estimate of drug-likeness (QED) is 0.572. The highest BCUT2D eigenvalue weighted by atomic mass is 32.2. The van der Waals surface area contributed by atoms with Crippen LogP contribution in [0.3, 0.4) is 0 Å². The van der Waals surface area contributed by atoms with Crippen LogP contribution in [-0.2, 0) is 26.0 Å². The molecule has 0 aromatic heterocycles. The smallest absolute Gasteiger partial charge is 0.243 e. The number of carbonyl (C=O) groups excluding carboxylic acids is 2. The third kappa shape index (κ3) is 6.30. The molecule has 0 radical (unpaired) electrons. The number of ether oxygens (including phenoxy) is 1. The Morgan fingerprint density at radius 3 is 2.34 bits per heavy atom. The minimum atomic E-state index is -3.89. The zero-order valence-corrected chi connectivity index (χ0v) is 17.4. The molecule has 29 heavy (non-hydrogen) atoms. The highest BCUT2D eigenvalue weighted by Crippen LogP contribution is 2.16. The number of methoxy groups -OCH3 is 1. The summed E-state index contributed by atoms with van der Waals surface area (Å²) in [6.07, 6.45) is 0.757. The summed E-state index contributed by atoms with van der Waals surface area (Å²) >= 11 is 0. The van der Waals surface area contributed by atoms with Crippen molar-refractivity contribution in [1.82, 2.24) is 10.0 Å². The lowest BCUT2D eigenvalue weighted by Crippen LogP contribution is -2.46. The fourth-order valence-electron chi connectivity index (χ4n) is 2.57. The lowest BCUT2D eigenvalue weighted by molar-refractivity contribution is -0.125. The molecular formula is C20H25N3O5S. The van der Waals surface area contributed by atoms with E-state index in [1.165, 1.54) is 38.3 Å². The van der Waals surface area contributed by atoms with Crippen molar-refractivity contribution in [2.24, 2.45) is 0 Å². The molecule has 156 valence electrons. The Hall–Kier alpha value is -2.91. The summed E-state index contributed by atoms with van der Waals surface area (Å²) in [5.41, 5.74) is 1.66. The van der Waals surface area contributed by atoms with E-state index in [-0.39, 0.29) is 11.4 Å². The number of benzene rings is 2. The van der Waals surface area contributed by atoms with Crippen LogP contribution in [-0.4, -0.2) is 39.9 Å². The van der Waals surface area contributed by atoms with E-state index in [2.05, 4.69) is 15.4 Å². The van der Waals surface area contributed by atoms with E-state index >= 15 is 0 Å². The fraction of sp³-hybridized carbons (Fsp3) is 0.300. The summed E-state index contributed by atoms with van der Waals surface area (Å²) in [5.74, 6) is -0.490. The second-order valence-electron chi connectivity index (χ2n) is 6.30. The average Bonchev–Trinajstić information content (AvgIpc) is 2.72. The monoisotopic (exact) mass is 419 g/mol. The molecule has 2 amide bonds. The van der Waals surface area contributed by atoms with Crippen LogP contribution < -0.4 is 20.1 Å². The van der Waals surface area contributed by atoms with Crippen LogP contribution in [0.1, 0.15) is 19.4 Å². The molecule has 0 aliphatic carbocycles. The zero-order chi connectivity index (χ0) is 21.4. The van der Waals surface area contributed by atoms with Crippen molar-refractivity contribution in [2.45, 2.75) is 31.2 Å². The van der Waals surface area contributed by atoms with E-state index in [4.69, 9.17) is 4.74 Å². The number of sulfonamides is 1. The molecular weight excluding hydrogens is 394 g/mol. The summed E-state index contributed by atoms with van der Waals surface area (Å²) in [6, 6.07) is 12.1. The van der Waals surface area contributed by atoms with Crippen molar-refractivity contribution in [1.29, 1.82) is 0 Å². The average molecular weight is 420 g/mol. The summed E-state index contributed by atoms with van der Waals surface area (Å²) in [6.45, 7) is 3.11. The van der Waals surface area contributed by atoms with Gasteiger partial charge in [-0.2, -0.15) is 4.72 Å². The molecule has 0 saturated carbocycles. The highest BCUT2D eigenvalue weighted by molar-refractivity contribution is 7.89. The number of para-hydroxylation sites is 1. The Bertz CT molecular complexity index is 958. The van der Waals surface area contributed by atoms with Gasteiger partial charge in [-0.25, -0.2) is 8.42 Å². The van der Waals surface area contributed by atoms with Gasteiger partial charge in [-0.1, -0.05) is 25.1 Å². The molecule has 1 atom stereocenters. The second kappa shape index (κ2) is 10.0. The number of rotatable bonds is 9. The van der Waals surface area contributed by atoms with Gasteiger partial charge in [0.1, 0.15) is 5.75 Å². The molecule has 0 bridgehead atoms. The maximum absolute atomic E-state index is 12.4. The van der Waals surface area contributed by atoms with Crippen LogP contribution in [0, 0.1) is 0 Å². The van der Waals surface area contributed by atoms with Gasteiger partial charge in [0.15, 0.2) is 0 Å². The van der Waals surface area contributed by atoms with E-state index in [1.54, 1.807) is 6.07 Å². The molecule has 0 unspecified atom stereocenters. The lowest BCUT2D eigenvalue weighted by atomic mass is 10.1. The molecule has 2 aromatic carbocycles. The van der Waals surface area contributed by atoms with E-state index in [0.717, 1.165) is 12.0 Å². The van der Waals surface area contributed by atoms with Crippen molar-refractivity contribution in [3.8, 4) is 5.75 Å². The first-order valence-electron chi connectivity index (χ1n) is 9.08.